The maximum atomic E-state index is 6.36. The van der Waals surface area contributed by atoms with E-state index in [0.29, 0.717) is 17.5 Å². The minimum absolute atomic E-state index is 0.317. The predicted molar refractivity (Wildman–Crippen MR) is 61.8 cm³/mol. The van der Waals surface area contributed by atoms with E-state index in [1.165, 1.54) is 12.8 Å². The van der Waals surface area contributed by atoms with Gasteiger partial charge in [-0.3, -0.25) is 4.90 Å². The second kappa shape index (κ2) is 4.40. The third-order valence-corrected chi connectivity index (χ3v) is 4.13. The SMILES string of the molecule is CC1(C)CCC(N2CCCOCC2)C1N. The summed E-state index contributed by atoms with van der Waals surface area (Å²) in [5.41, 5.74) is 6.67. The van der Waals surface area contributed by atoms with E-state index in [9.17, 15) is 0 Å². The Hall–Kier alpha value is -0.120. The minimum Gasteiger partial charge on any atom is -0.380 e. The van der Waals surface area contributed by atoms with Gasteiger partial charge in [0.25, 0.3) is 0 Å². The Morgan fingerprint density at radius 1 is 1.27 bits per heavy atom. The Balaban J connectivity index is 1.98. The van der Waals surface area contributed by atoms with E-state index in [4.69, 9.17) is 10.5 Å². The van der Waals surface area contributed by atoms with Crippen LogP contribution in [-0.4, -0.2) is 43.3 Å². The fourth-order valence-electron chi connectivity index (χ4n) is 2.89. The highest BCUT2D eigenvalue weighted by atomic mass is 16.5. The molecule has 2 fully saturated rings. The van der Waals surface area contributed by atoms with E-state index >= 15 is 0 Å². The molecule has 1 aliphatic heterocycles. The second-order valence-electron chi connectivity index (χ2n) is 5.62. The molecule has 3 nitrogen and oxygen atoms in total. The number of ether oxygens (including phenoxy) is 1. The quantitative estimate of drug-likeness (QED) is 0.710. The van der Waals surface area contributed by atoms with Gasteiger partial charge in [0.2, 0.25) is 0 Å². The average Bonchev–Trinajstić information content (AvgIpc) is 2.46. The molecule has 2 aliphatic rings. The van der Waals surface area contributed by atoms with Crippen molar-refractivity contribution in [2.75, 3.05) is 26.3 Å². The lowest BCUT2D eigenvalue weighted by Gasteiger charge is -2.34. The minimum atomic E-state index is 0.317. The molecule has 15 heavy (non-hydrogen) atoms. The van der Waals surface area contributed by atoms with Gasteiger partial charge >= 0.3 is 0 Å². The fraction of sp³-hybridized carbons (Fsp3) is 1.00. The van der Waals surface area contributed by atoms with Gasteiger partial charge in [-0.1, -0.05) is 13.8 Å². The van der Waals surface area contributed by atoms with Crippen molar-refractivity contribution < 1.29 is 4.74 Å². The number of rotatable bonds is 1. The van der Waals surface area contributed by atoms with E-state index in [1.54, 1.807) is 0 Å². The van der Waals surface area contributed by atoms with Crippen LogP contribution in [0.5, 0.6) is 0 Å². The van der Waals surface area contributed by atoms with Gasteiger partial charge < -0.3 is 10.5 Å². The van der Waals surface area contributed by atoms with E-state index in [2.05, 4.69) is 18.7 Å². The van der Waals surface area contributed by atoms with Crippen LogP contribution in [0.25, 0.3) is 0 Å². The molecule has 0 aromatic heterocycles. The molecular formula is C12H24N2O. The Morgan fingerprint density at radius 3 is 2.73 bits per heavy atom. The lowest BCUT2D eigenvalue weighted by molar-refractivity contribution is 0.124. The summed E-state index contributed by atoms with van der Waals surface area (Å²) < 4.78 is 5.49. The molecule has 1 saturated carbocycles. The zero-order valence-corrected chi connectivity index (χ0v) is 10.0. The van der Waals surface area contributed by atoms with Gasteiger partial charge in [-0.05, 0) is 24.7 Å². The number of nitrogens with two attached hydrogens (primary N) is 1. The van der Waals surface area contributed by atoms with Crippen molar-refractivity contribution in [3.8, 4) is 0 Å². The molecule has 1 aliphatic carbocycles. The van der Waals surface area contributed by atoms with Crippen molar-refractivity contribution in [2.24, 2.45) is 11.1 Å². The first-order chi connectivity index (χ1) is 7.11. The summed E-state index contributed by atoms with van der Waals surface area (Å²) in [6, 6.07) is 0.914. The molecular weight excluding hydrogens is 188 g/mol. The highest BCUT2D eigenvalue weighted by molar-refractivity contribution is 4.99. The van der Waals surface area contributed by atoms with Crippen molar-refractivity contribution in [1.82, 2.24) is 4.90 Å². The first-order valence-corrected chi connectivity index (χ1v) is 6.19. The summed E-state index contributed by atoms with van der Waals surface area (Å²) in [6.07, 6.45) is 3.67. The highest BCUT2D eigenvalue weighted by Crippen LogP contribution is 2.38. The Bertz CT molecular complexity index is 210. The van der Waals surface area contributed by atoms with Gasteiger partial charge in [0.15, 0.2) is 0 Å². The third-order valence-electron chi connectivity index (χ3n) is 4.13. The standard InChI is InChI=1S/C12H24N2O/c1-12(2)5-4-10(11(12)13)14-6-3-8-15-9-7-14/h10-11H,3-9,13H2,1-2H3. The molecule has 0 radical (unpaired) electrons. The first kappa shape index (κ1) is 11.4. The van der Waals surface area contributed by atoms with E-state index in [-0.39, 0.29) is 0 Å². The van der Waals surface area contributed by atoms with Crippen LogP contribution in [-0.2, 0) is 4.74 Å². The van der Waals surface area contributed by atoms with Crippen molar-refractivity contribution in [2.45, 2.75) is 45.2 Å². The van der Waals surface area contributed by atoms with Crippen LogP contribution in [0.15, 0.2) is 0 Å². The molecule has 2 unspecified atom stereocenters. The van der Waals surface area contributed by atoms with Gasteiger partial charge in [-0.15, -0.1) is 0 Å². The molecule has 0 aromatic carbocycles. The largest absolute Gasteiger partial charge is 0.380 e. The van der Waals surface area contributed by atoms with Gasteiger partial charge in [-0.25, -0.2) is 0 Å². The fourth-order valence-corrected chi connectivity index (χ4v) is 2.89. The third kappa shape index (κ3) is 2.35. The molecule has 0 amide bonds. The number of nitrogens with zero attached hydrogens (tertiary/aromatic N) is 1. The van der Waals surface area contributed by atoms with Gasteiger partial charge in [-0.2, -0.15) is 0 Å². The molecule has 0 aromatic rings. The molecule has 2 rings (SSSR count). The van der Waals surface area contributed by atoms with Gasteiger partial charge in [0.05, 0.1) is 6.61 Å². The molecule has 88 valence electrons. The Labute approximate surface area is 93.0 Å². The van der Waals surface area contributed by atoms with Crippen LogP contribution in [0, 0.1) is 5.41 Å². The van der Waals surface area contributed by atoms with Crippen molar-refractivity contribution >= 4 is 0 Å². The van der Waals surface area contributed by atoms with Crippen LogP contribution >= 0.6 is 0 Å². The monoisotopic (exact) mass is 212 g/mol. The normalized spacial score (nSPS) is 37.8. The molecule has 2 N–H and O–H groups in total. The van der Waals surface area contributed by atoms with Gasteiger partial charge in [0, 0.05) is 31.8 Å². The lowest BCUT2D eigenvalue weighted by atomic mass is 9.87. The topological polar surface area (TPSA) is 38.5 Å². The van der Waals surface area contributed by atoms with Crippen LogP contribution in [0.1, 0.15) is 33.1 Å². The number of hydrogen-bond donors (Lipinski definition) is 1. The van der Waals surface area contributed by atoms with E-state index in [1.807, 2.05) is 0 Å². The van der Waals surface area contributed by atoms with Crippen LogP contribution in [0.2, 0.25) is 0 Å². The van der Waals surface area contributed by atoms with Crippen molar-refractivity contribution in [3.05, 3.63) is 0 Å². The first-order valence-electron chi connectivity index (χ1n) is 6.19. The summed E-state index contributed by atoms with van der Waals surface area (Å²) in [5, 5.41) is 0. The lowest BCUT2D eigenvalue weighted by Crippen LogP contribution is -2.49. The summed E-state index contributed by atoms with van der Waals surface area (Å²) >= 11 is 0. The van der Waals surface area contributed by atoms with Crippen molar-refractivity contribution in [3.63, 3.8) is 0 Å². The predicted octanol–water partition coefficient (Wildman–Crippen LogP) is 1.22. The molecule has 0 spiro atoms. The highest BCUT2D eigenvalue weighted by Gasteiger charge is 2.41. The summed E-state index contributed by atoms with van der Waals surface area (Å²) in [5.74, 6) is 0. The maximum Gasteiger partial charge on any atom is 0.0593 e. The smallest absolute Gasteiger partial charge is 0.0593 e. The molecule has 1 heterocycles. The summed E-state index contributed by atoms with van der Waals surface area (Å²) in [7, 11) is 0. The van der Waals surface area contributed by atoms with Gasteiger partial charge in [0.1, 0.15) is 0 Å². The molecule has 3 heteroatoms. The average molecular weight is 212 g/mol. The number of hydrogen-bond acceptors (Lipinski definition) is 3. The summed E-state index contributed by atoms with van der Waals surface area (Å²) in [6.45, 7) is 8.62. The van der Waals surface area contributed by atoms with Crippen LogP contribution in [0.4, 0.5) is 0 Å². The van der Waals surface area contributed by atoms with Crippen LogP contribution < -0.4 is 5.73 Å². The van der Waals surface area contributed by atoms with Crippen LogP contribution in [0.3, 0.4) is 0 Å². The Kier molecular flexibility index (Phi) is 3.33. The Morgan fingerprint density at radius 2 is 2.07 bits per heavy atom. The maximum absolute atomic E-state index is 6.36. The zero-order chi connectivity index (χ0) is 10.9. The van der Waals surface area contributed by atoms with Crippen molar-refractivity contribution in [1.29, 1.82) is 0 Å². The summed E-state index contributed by atoms with van der Waals surface area (Å²) in [4.78, 5) is 2.55. The van der Waals surface area contributed by atoms with E-state index < -0.39 is 0 Å². The molecule has 1 saturated heterocycles. The molecule has 0 bridgehead atoms. The molecule has 2 atom stereocenters. The van der Waals surface area contributed by atoms with E-state index in [0.717, 1.165) is 32.7 Å². The second-order valence-corrected chi connectivity index (χ2v) is 5.62. The zero-order valence-electron chi connectivity index (χ0n) is 10.0.